The molecule has 1 aliphatic rings. The van der Waals surface area contributed by atoms with Crippen LogP contribution in [0.2, 0.25) is 0 Å². The normalized spacial score (nSPS) is 22.0. The molecule has 1 aromatic rings. The summed E-state index contributed by atoms with van der Waals surface area (Å²) in [6.07, 6.45) is 1.24. The Kier molecular flexibility index (Phi) is 3.14. The molecule has 0 spiro atoms. The summed E-state index contributed by atoms with van der Waals surface area (Å²) in [7, 11) is 0. The van der Waals surface area contributed by atoms with Gasteiger partial charge >= 0.3 is 0 Å². The van der Waals surface area contributed by atoms with Crippen LogP contribution in [-0.4, -0.2) is 12.3 Å². The van der Waals surface area contributed by atoms with Gasteiger partial charge in [0, 0.05) is 10.6 Å². The second-order valence-corrected chi connectivity index (χ2v) is 5.18. The zero-order chi connectivity index (χ0) is 9.97. The summed E-state index contributed by atoms with van der Waals surface area (Å²) in [5.41, 5.74) is 7.20. The third kappa shape index (κ3) is 1.96. The molecule has 1 aromatic carbocycles. The molecule has 2 unspecified atom stereocenters. The molecule has 0 saturated heterocycles. The number of fused-ring (bicyclic) bond motifs is 1. The van der Waals surface area contributed by atoms with Crippen molar-refractivity contribution in [3.05, 3.63) is 29.8 Å². The van der Waals surface area contributed by atoms with Gasteiger partial charge in [-0.3, -0.25) is 0 Å². The number of hydrogen-bond acceptors (Lipinski definition) is 2. The first-order valence-corrected chi connectivity index (χ1v) is 6.21. The van der Waals surface area contributed by atoms with Gasteiger partial charge in [0.25, 0.3) is 0 Å². The fourth-order valence-corrected chi connectivity index (χ4v) is 3.28. The molecular formula is C12H17NS. The zero-order valence-corrected chi connectivity index (χ0v) is 9.39. The molecule has 0 amide bonds. The molecule has 76 valence electrons. The Hall–Kier alpha value is -0.470. The van der Waals surface area contributed by atoms with Crippen molar-refractivity contribution < 1.29 is 0 Å². The Labute approximate surface area is 90.1 Å². The number of benzene rings is 1. The highest BCUT2D eigenvalue weighted by atomic mass is 32.2. The largest absolute Gasteiger partial charge is 0.330 e. The van der Waals surface area contributed by atoms with E-state index in [-0.39, 0.29) is 0 Å². The Balaban J connectivity index is 2.10. The summed E-state index contributed by atoms with van der Waals surface area (Å²) in [5.74, 6) is 2.62. The van der Waals surface area contributed by atoms with Gasteiger partial charge in [-0.15, -0.1) is 11.8 Å². The Morgan fingerprint density at radius 1 is 1.50 bits per heavy atom. The molecule has 0 bridgehead atoms. The standard InChI is InChI=1S/C12H17NS/c1-9(7-13)6-10-8-14-12-5-3-2-4-11(10)12/h2-5,9-10H,6-8,13H2,1H3. The lowest BCUT2D eigenvalue weighted by Gasteiger charge is -2.14. The molecule has 1 aliphatic heterocycles. The van der Waals surface area contributed by atoms with Gasteiger partial charge in [0.05, 0.1) is 0 Å². The van der Waals surface area contributed by atoms with Crippen LogP contribution in [0.1, 0.15) is 24.8 Å². The van der Waals surface area contributed by atoms with Crippen LogP contribution < -0.4 is 5.73 Å². The van der Waals surface area contributed by atoms with Crippen LogP contribution in [0.15, 0.2) is 29.2 Å². The van der Waals surface area contributed by atoms with E-state index < -0.39 is 0 Å². The van der Waals surface area contributed by atoms with Crippen molar-refractivity contribution in [3.63, 3.8) is 0 Å². The summed E-state index contributed by atoms with van der Waals surface area (Å²) < 4.78 is 0. The highest BCUT2D eigenvalue weighted by Gasteiger charge is 2.23. The number of rotatable bonds is 3. The summed E-state index contributed by atoms with van der Waals surface area (Å²) in [4.78, 5) is 1.47. The van der Waals surface area contributed by atoms with Crippen LogP contribution in [-0.2, 0) is 0 Å². The van der Waals surface area contributed by atoms with Crippen LogP contribution in [0.4, 0.5) is 0 Å². The van der Waals surface area contributed by atoms with Gasteiger partial charge in [0.15, 0.2) is 0 Å². The lowest BCUT2D eigenvalue weighted by Crippen LogP contribution is -2.14. The molecular weight excluding hydrogens is 190 g/mol. The van der Waals surface area contributed by atoms with Gasteiger partial charge in [0.2, 0.25) is 0 Å². The third-order valence-corrected chi connectivity index (χ3v) is 4.14. The minimum atomic E-state index is 0.645. The maximum absolute atomic E-state index is 5.66. The average molecular weight is 207 g/mol. The zero-order valence-electron chi connectivity index (χ0n) is 8.57. The van der Waals surface area contributed by atoms with Crippen LogP contribution in [0, 0.1) is 5.92 Å². The lowest BCUT2D eigenvalue weighted by atomic mass is 9.91. The van der Waals surface area contributed by atoms with Gasteiger partial charge < -0.3 is 5.73 Å². The number of thioether (sulfide) groups is 1. The fraction of sp³-hybridized carbons (Fsp3) is 0.500. The van der Waals surface area contributed by atoms with Gasteiger partial charge in [-0.1, -0.05) is 25.1 Å². The van der Waals surface area contributed by atoms with Crippen molar-refractivity contribution in [2.24, 2.45) is 11.7 Å². The molecule has 0 fully saturated rings. The van der Waals surface area contributed by atoms with E-state index in [9.17, 15) is 0 Å². The van der Waals surface area contributed by atoms with Gasteiger partial charge in [-0.2, -0.15) is 0 Å². The number of hydrogen-bond donors (Lipinski definition) is 1. The molecule has 0 radical (unpaired) electrons. The lowest BCUT2D eigenvalue weighted by molar-refractivity contribution is 0.498. The average Bonchev–Trinajstić information content (AvgIpc) is 2.62. The predicted octanol–water partition coefficient (Wildman–Crippen LogP) is 2.86. The van der Waals surface area contributed by atoms with Crippen LogP contribution in [0.25, 0.3) is 0 Å². The molecule has 2 N–H and O–H groups in total. The molecule has 14 heavy (non-hydrogen) atoms. The number of nitrogens with two attached hydrogens (primary N) is 1. The van der Waals surface area contributed by atoms with E-state index in [1.54, 1.807) is 0 Å². The van der Waals surface area contributed by atoms with E-state index >= 15 is 0 Å². The fourth-order valence-electron chi connectivity index (χ4n) is 2.01. The van der Waals surface area contributed by atoms with Crippen LogP contribution in [0.3, 0.4) is 0 Å². The highest BCUT2D eigenvalue weighted by Crippen LogP contribution is 2.41. The molecule has 2 atom stereocenters. The summed E-state index contributed by atoms with van der Waals surface area (Å²) >= 11 is 1.99. The second-order valence-electron chi connectivity index (χ2n) is 4.12. The molecule has 2 heteroatoms. The maximum atomic E-state index is 5.66. The van der Waals surface area contributed by atoms with E-state index in [4.69, 9.17) is 5.73 Å². The molecule has 1 heterocycles. The van der Waals surface area contributed by atoms with Crippen molar-refractivity contribution in [2.45, 2.75) is 24.2 Å². The Morgan fingerprint density at radius 2 is 2.29 bits per heavy atom. The molecule has 0 saturated carbocycles. The van der Waals surface area contributed by atoms with E-state index in [0.29, 0.717) is 5.92 Å². The minimum Gasteiger partial charge on any atom is -0.330 e. The van der Waals surface area contributed by atoms with Crippen molar-refractivity contribution in [1.29, 1.82) is 0 Å². The van der Waals surface area contributed by atoms with Gasteiger partial charge in [0.1, 0.15) is 0 Å². The Bertz CT molecular complexity index is 311. The van der Waals surface area contributed by atoms with Gasteiger partial charge in [-0.05, 0) is 36.4 Å². The van der Waals surface area contributed by atoms with E-state index in [2.05, 4.69) is 31.2 Å². The second kappa shape index (κ2) is 4.37. The van der Waals surface area contributed by atoms with Crippen molar-refractivity contribution in [1.82, 2.24) is 0 Å². The van der Waals surface area contributed by atoms with E-state index in [0.717, 1.165) is 12.5 Å². The smallest absolute Gasteiger partial charge is 0.0107 e. The SMILES string of the molecule is CC(CN)CC1CSc2ccccc21. The van der Waals surface area contributed by atoms with Crippen LogP contribution >= 0.6 is 11.8 Å². The van der Waals surface area contributed by atoms with Crippen molar-refractivity contribution in [2.75, 3.05) is 12.3 Å². The summed E-state index contributed by atoms with van der Waals surface area (Å²) in [6, 6.07) is 8.77. The molecule has 1 nitrogen and oxygen atoms in total. The topological polar surface area (TPSA) is 26.0 Å². The maximum Gasteiger partial charge on any atom is 0.0107 e. The Morgan fingerprint density at radius 3 is 3.07 bits per heavy atom. The van der Waals surface area contributed by atoms with Gasteiger partial charge in [-0.25, -0.2) is 0 Å². The molecule has 0 aliphatic carbocycles. The van der Waals surface area contributed by atoms with Crippen molar-refractivity contribution in [3.8, 4) is 0 Å². The monoisotopic (exact) mass is 207 g/mol. The highest BCUT2D eigenvalue weighted by molar-refractivity contribution is 7.99. The third-order valence-electron chi connectivity index (χ3n) is 2.89. The predicted molar refractivity (Wildman–Crippen MR) is 62.7 cm³/mol. The van der Waals surface area contributed by atoms with Crippen LogP contribution in [0.5, 0.6) is 0 Å². The minimum absolute atomic E-state index is 0.645. The molecule has 2 rings (SSSR count). The quantitative estimate of drug-likeness (QED) is 0.824. The molecule has 0 aromatic heterocycles. The summed E-state index contributed by atoms with van der Waals surface area (Å²) in [5, 5.41) is 0. The van der Waals surface area contributed by atoms with E-state index in [1.165, 1.54) is 22.6 Å². The first-order valence-electron chi connectivity index (χ1n) is 5.23. The summed E-state index contributed by atoms with van der Waals surface area (Å²) in [6.45, 7) is 3.05. The van der Waals surface area contributed by atoms with Crippen molar-refractivity contribution >= 4 is 11.8 Å². The van der Waals surface area contributed by atoms with E-state index in [1.807, 2.05) is 11.8 Å². The first kappa shape index (κ1) is 10.1. The first-order chi connectivity index (χ1) is 6.81.